The first kappa shape index (κ1) is 18.5. The number of nitrogens with one attached hydrogen (secondary N) is 2. The zero-order valence-corrected chi connectivity index (χ0v) is 14.3. The number of hydrogen-bond donors (Lipinski definition) is 3. The molecule has 3 N–H and O–H groups in total. The van der Waals surface area contributed by atoms with Crippen molar-refractivity contribution in [2.75, 3.05) is 13.2 Å². The van der Waals surface area contributed by atoms with Gasteiger partial charge in [0.05, 0.1) is 6.04 Å². The van der Waals surface area contributed by atoms with Crippen LogP contribution >= 0.6 is 11.6 Å². The van der Waals surface area contributed by atoms with E-state index in [-0.39, 0.29) is 12.5 Å². The number of hydrogen-bond acceptors (Lipinski definition) is 3. The van der Waals surface area contributed by atoms with E-state index in [9.17, 15) is 9.90 Å². The Morgan fingerprint density at radius 1 is 1.08 bits per heavy atom. The molecule has 1 amide bonds. The summed E-state index contributed by atoms with van der Waals surface area (Å²) in [6, 6.07) is 17.1. The third-order valence-electron chi connectivity index (χ3n) is 3.79. The summed E-state index contributed by atoms with van der Waals surface area (Å²) in [5.41, 5.74) is 2.09. The van der Waals surface area contributed by atoms with E-state index in [1.54, 1.807) is 6.07 Å². The molecule has 1 unspecified atom stereocenters. The van der Waals surface area contributed by atoms with Crippen LogP contribution in [0.25, 0.3) is 0 Å². The minimum atomic E-state index is -0.416. The molecular weight excluding hydrogens is 324 g/mol. The lowest BCUT2D eigenvalue weighted by Gasteiger charge is -2.18. The van der Waals surface area contributed by atoms with Crippen molar-refractivity contribution in [3.8, 4) is 0 Å². The van der Waals surface area contributed by atoms with Gasteiger partial charge in [0.2, 0.25) is 5.91 Å². The highest BCUT2D eigenvalue weighted by molar-refractivity contribution is 6.31. The standard InChI is InChI=1S/C19H23ClN2O2/c20-17-9-5-4-8-16(17)14-22-19(24)18(11-13-23)21-12-10-15-6-2-1-3-7-15/h1-9,18,21,23H,10-14H2,(H,22,24). The zero-order chi connectivity index (χ0) is 17.2. The second-order valence-electron chi connectivity index (χ2n) is 5.56. The summed E-state index contributed by atoms with van der Waals surface area (Å²) in [6.45, 7) is 1.01. The Balaban J connectivity index is 1.82. The number of halogens is 1. The van der Waals surface area contributed by atoms with Crippen molar-refractivity contribution in [2.45, 2.75) is 25.4 Å². The number of aliphatic hydroxyl groups is 1. The summed E-state index contributed by atoms with van der Waals surface area (Å²) < 4.78 is 0. The van der Waals surface area contributed by atoms with Crippen LogP contribution in [0, 0.1) is 0 Å². The number of carbonyl (C=O) groups is 1. The predicted octanol–water partition coefficient (Wildman–Crippen LogP) is 2.54. The largest absolute Gasteiger partial charge is 0.396 e. The normalized spacial score (nSPS) is 11.9. The second-order valence-corrected chi connectivity index (χ2v) is 5.97. The van der Waals surface area contributed by atoms with E-state index in [4.69, 9.17) is 11.6 Å². The fourth-order valence-corrected chi connectivity index (χ4v) is 2.64. The van der Waals surface area contributed by atoms with E-state index < -0.39 is 6.04 Å². The van der Waals surface area contributed by atoms with Gasteiger partial charge in [-0.1, -0.05) is 60.1 Å². The van der Waals surface area contributed by atoms with Gasteiger partial charge in [-0.25, -0.2) is 0 Å². The molecule has 0 saturated carbocycles. The molecule has 0 saturated heterocycles. The van der Waals surface area contributed by atoms with Gasteiger partial charge >= 0.3 is 0 Å². The first-order chi connectivity index (χ1) is 11.7. The lowest BCUT2D eigenvalue weighted by atomic mass is 10.1. The van der Waals surface area contributed by atoms with Gasteiger partial charge in [-0.3, -0.25) is 4.79 Å². The molecule has 0 fully saturated rings. The van der Waals surface area contributed by atoms with Crippen molar-refractivity contribution in [3.05, 3.63) is 70.7 Å². The zero-order valence-electron chi connectivity index (χ0n) is 13.5. The van der Waals surface area contributed by atoms with Gasteiger partial charge in [-0.05, 0) is 36.6 Å². The van der Waals surface area contributed by atoms with Crippen molar-refractivity contribution in [1.82, 2.24) is 10.6 Å². The molecule has 0 bridgehead atoms. The number of carbonyl (C=O) groups excluding carboxylic acids is 1. The minimum absolute atomic E-state index is 0.0392. The Bertz CT molecular complexity index is 634. The van der Waals surface area contributed by atoms with Crippen molar-refractivity contribution in [2.24, 2.45) is 0 Å². The van der Waals surface area contributed by atoms with Crippen molar-refractivity contribution < 1.29 is 9.90 Å². The molecule has 0 aliphatic rings. The molecule has 0 aliphatic carbocycles. The summed E-state index contributed by atoms with van der Waals surface area (Å²) in [4.78, 5) is 12.3. The highest BCUT2D eigenvalue weighted by Crippen LogP contribution is 2.14. The maximum absolute atomic E-state index is 12.3. The Hall–Kier alpha value is -1.88. The van der Waals surface area contributed by atoms with Crippen LogP contribution in [0.4, 0.5) is 0 Å². The maximum atomic E-state index is 12.3. The van der Waals surface area contributed by atoms with Gasteiger partial charge in [0.15, 0.2) is 0 Å². The van der Waals surface area contributed by atoms with Crippen LogP contribution < -0.4 is 10.6 Å². The van der Waals surface area contributed by atoms with Crippen molar-refractivity contribution in [1.29, 1.82) is 0 Å². The first-order valence-electron chi connectivity index (χ1n) is 8.10. The van der Waals surface area contributed by atoms with Gasteiger partial charge in [0.25, 0.3) is 0 Å². The van der Waals surface area contributed by atoms with Crippen LogP contribution in [0.1, 0.15) is 17.5 Å². The summed E-state index contributed by atoms with van der Waals surface area (Å²) in [6.07, 6.45) is 1.21. The Morgan fingerprint density at radius 3 is 2.50 bits per heavy atom. The number of amides is 1. The quantitative estimate of drug-likeness (QED) is 0.654. The molecule has 1 atom stereocenters. The molecule has 0 aliphatic heterocycles. The van der Waals surface area contributed by atoms with E-state index in [2.05, 4.69) is 22.8 Å². The van der Waals surface area contributed by atoms with Crippen LogP contribution in [-0.2, 0) is 17.8 Å². The third kappa shape index (κ3) is 5.96. The third-order valence-corrected chi connectivity index (χ3v) is 4.16. The van der Waals surface area contributed by atoms with Crippen molar-refractivity contribution >= 4 is 17.5 Å². The van der Waals surface area contributed by atoms with Gasteiger partial charge < -0.3 is 15.7 Å². The van der Waals surface area contributed by atoms with E-state index in [1.807, 2.05) is 36.4 Å². The SMILES string of the molecule is O=C(NCc1ccccc1Cl)C(CCO)NCCc1ccccc1. The van der Waals surface area contributed by atoms with Crippen molar-refractivity contribution in [3.63, 3.8) is 0 Å². The minimum Gasteiger partial charge on any atom is -0.396 e. The first-order valence-corrected chi connectivity index (χ1v) is 8.48. The molecule has 24 heavy (non-hydrogen) atoms. The molecule has 0 heterocycles. The Kier molecular flexibility index (Phi) is 7.75. The van der Waals surface area contributed by atoms with Crippen LogP contribution in [-0.4, -0.2) is 30.2 Å². The highest BCUT2D eigenvalue weighted by Gasteiger charge is 2.17. The second kappa shape index (κ2) is 10.1. The topological polar surface area (TPSA) is 61.4 Å². The monoisotopic (exact) mass is 346 g/mol. The molecule has 0 aromatic heterocycles. The number of benzene rings is 2. The van der Waals surface area contributed by atoms with Crippen LogP contribution in [0.3, 0.4) is 0 Å². The van der Waals surface area contributed by atoms with E-state index >= 15 is 0 Å². The van der Waals surface area contributed by atoms with Crippen LogP contribution in [0.15, 0.2) is 54.6 Å². The summed E-state index contributed by atoms with van der Waals surface area (Å²) >= 11 is 6.09. The van der Waals surface area contributed by atoms with Crippen LogP contribution in [0.5, 0.6) is 0 Å². The number of aliphatic hydroxyl groups excluding tert-OH is 1. The molecule has 0 spiro atoms. The summed E-state index contributed by atoms with van der Waals surface area (Å²) in [5.74, 6) is -0.128. The molecule has 5 heteroatoms. The van der Waals surface area contributed by atoms with Gasteiger partial charge in [-0.2, -0.15) is 0 Å². The van der Waals surface area contributed by atoms with Gasteiger partial charge in [-0.15, -0.1) is 0 Å². The lowest BCUT2D eigenvalue weighted by molar-refractivity contribution is -0.123. The molecule has 0 radical (unpaired) electrons. The van der Waals surface area contributed by atoms with E-state index in [1.165, 1.54) is 5.56 Å². The fraction of sp³-hybridized carbons (Fsp3) is 0.316. The maximum Gasteiger partial charge on any atom is 0.237 e. The molecule has 4 nitrogen and oxygen atoms in total. The summed E-state index contributed by atoms with van der Waals surface area (Å²) in [5, 5.41) is 15.9. The molecular formula is C19H23ClN2O2. The fourth-order valence-electron chi connectivity index (χ4n) is 2.44. The van der Waals surface area contributed by atoms with Crippen LogP contribution in [0.2, 0.25) is 5.02 Å². The Labute approximate surface area is 147 Å². The highest BCUT2D eigenvalue weighted by atomic mass is 35.5. The van der Waals surface area contributed by atoms with Gasteiger partial charge in [0.1, 0.15) is 0 Å². The van der Waals surface area contributed by atoms with E-state index in [0.29, 0.717) is 24.5 Å². The average molecular weight is 347 g/mol. The number of rotatable bonds is 9. The average Bonchev–Trinajstić information content (AvgIpc) is 2.61. The molecule has 128 valence electrons. The lowest BCUT2D eigenvalue weighted by Crippen LogP contribution is -2.45. The van der Waals surface area contributed by atoms with E-state index in [0.717, 1.165) is 12.0 Å². The molecule has 2 aromatic carbocycles. The predicted molar refractivity (Wildman–Crippen MR) is 96.9 cm³/mol. The Morgan fingerprint density at radius 2 is 1.79 bits per heavy atom. The van der Waals surface area contributed by atoms with Gasteiger partial charge in [0, 0.05) is 18.2 Å². The summed E-state index contributed by atoms with van der Waals surface area (Å²) in [7, 11) is 0. The molecule has 2 rings (SSSR count). The molecule has 2 aromatic rings. The smallest absolute Gasteiger partial charge is 0.237 e.